The fraction of sp³-hybridized carbons (Fsp3) is 0.400. The van der Waals surface area contributed by atoms with Gasteiger partial charge in [0.05, 0.1) is 0 Å². The summed E-state index contributed by atoms with van der Waals surface area (Å²) in [5, 5.41) is 0. The first-order valence-electron chi connectivity index (χ1n) is 8.76. The first kappa shape index (κ1) is 26.8. The van der Waals surface area contributed by atoms with E-state index in [1.54, 1.807) is 0 Å². The van der Waals surface area contributed by atoms with Crippen LogP contribution < -0.4 is 0 Å². The fourth-order valence-electron chi connectivity index (χ4n) is 2.18. The van der Waals surface area contributed by atoms with E-state index in [0.717, 1.165) is 0 Å². The van der Waals surface area contributed by atoms with E-state index in [1.807, 2.05) is 0 Å². The van der Waals surface area contributed by atoms with Crippen LogP contribution >= 0.6 is 0 Å². The zero-order valence-electron chi connectivity index (χ0n) is 18.1. The topological polar surface area (TPSA) is 105 Å². The summed E-state index contributed by atoms with van der Waals surface area (Å²) in [4.78, 5) is 45.7. The summed E-state index contributed by atoms with van der Waals surface area (Å²) >= 11 is -5.31. The molecule has 0 saturated heterocycles. The van der Waals surface area contributed by atoms with Gasteiger partial charge >= 0.3 is 179 Å². The summed E-state index contributed by atoms with van der Waals surface area (Å²) in [5.41, 5.74) is 0. The van der Waals surface area contributed by atoms with Gasteiger partial charge in [-0.25, -0.2) is 0 Å². The zero-order chi connectivity index (χ0) is 22.8. The minimum atomic E-state index is -5.31. The van der Waals surface area contributed by atoms with E-state index in [-0.39, 0.29) is 46.2 Å². The second-order valence-electron chi connectivity index (χ2n) is 6.37. The first-order valence-corrected chi connectivity index (χ1v) is 15.1. The van der Waals surface area contributed by atoms with Crippen LogP contribution in [0.3, 0.4) is 0 Å². The van der Waals surface area contributed by atoms with E-state index in [2.05, 4.69) is 0 Å². The third-order valence-corrected chi connectivity index (χ3v) is 11.7. The van der Waals surface area contributed by atoms with Crippen LogP contribution in [0.5, 0.6) is 0 Å². The van der Waals surface area contributed by atoms with Gasteiger partial charge < -0.3 is 0 Å². The summed E-state index contributed by atoms with van der Waals surface area (Å²) in [6.45, 7) is 11.4. The van der Waals surface area contributed by atoms with Crippen molar-refractivity contribution < 1.29 is 29.9 Å². The van der Waals surface area contributed by atoms with E-state index in [1.165, 1.54) is 79.7 Å². The molecule has 0 unspecified atom stereocenters. The van der Waals surface area contributed by atoms with E-state index in [4.69, 9.17) is 10.7 Å². The molecule has 0 aliphatic rings. The molecule has 0 aliphatic carbocycles. The van der Waals surface area contributed by atoms with Gasteiger partial charge in [0.15, 0.2) is 0 Å². The molecule has 160 valence electrons. The van der Waals surface area contributed by atoms with Crippen LogP contribution in [0.25, 0.3) is 0 Å². The number of carbonyl (C=O) groups is 4. The fourth-order valence-corrected chi connectivity index (χ4v) is 10.2. The van der Waals surface area contributed by atoms with Gasteiger partial charge in [-0.05, 0) is 0 Å². The van der Waals surface area contributed by atoms with Gasteiger partial charge in [0, 0.05) is 0 Å². The van der Waals surface area contributed by atoms with Gasteiger partial charge in [-0.1, -0.05) is 0 Å². The molecule has 0 saturated carbocycles. The Balaban J connectivity index is 6.40. The third-order valence-electron chi connectivity index (χ3n) is 2.77. The predicted octanol–water partition coefficient (Wildman–Crippen LogP) is 3.46. The Kier molecular flexibility index (Phi) is 11.4. The number of allylic oxidation sites excluding steroid dienone is 8. The number of hydrogen-bond donors (Lipinski definition) is 0. The van der Waals surface area contributed by atoms with Crippen molar-refractivity contribution in [3.63, 3.8) is 0 Å². The molecule has 8 nitrogen and oxygen atoms in total. The number of ketones is 4. The summed E-state index contributed by atoms with van der Waals surface area (Å²) in [7, 11) is 0. The van der Waals surface area contributed by atoms with Gasteiger partial charge in [-0.3, -0.25) is 0 Å². The second-order valence-corrected chi connectivity index (χ2v) is 13.4. The monoisotopic (exact) mass is 604 g/mol. The van der Waals surface area contributed by atoms with E-state index in [9.17, 15) is 19.2 Å². The third kappa shape index (κ3) is 12.8. The van der Waals surface area contributed by atoms with Gasteiger partial charge in [-0.2, -0.15) is 0 Å². The van der Waals surface area contributed by atoms with Crippen molar-refractivity contribution in [2.75, 3.05) is 0 Å². The quantitative estimate of drug-likeness (QED) is 0.190. The van der Waals surface area contributed by atoms with E-state index >= 15 is 0 Å². The second kappa shape index (κ2) is 12.4. The molecular weight excluding hydrogens is 575 g/mol. The van der Waals surface area contributed by atoms with Crippen molar-refractivity contribution >= 4 is 46.1 Å². The molecule has 0 aromatic rings. The Morgan fingerprint density at radius 1 is 0.448 bits per heavy atom. The summed E-state index contributed by atoms with van der Waals surface area (Å²) < 4.78 is 23.4. The summed E-state index contributed by atoms with van der Waals surface area (Å²) in [6, 6.07) is 0. The molecule has 29 heavy (non-hydrogen) atoms. The molecule has 0 heterocycles. The molecule has 0 rings (SSSR count). The summed E-state index contributed by atoms with van der Waals surface area (Å²) in [5.74, 6) is -0.412. The normalized spacial score (nSPS) is 13.5. The molecule has 0 aromatic carbocycles. The molecule has 0 bridgehead atoms. The number of hydrogen-bond acceptors (Lipinski definition) is 8. The standard InChI is InChI=1S/4C5H8O2.Pb/c4*1-4(6)3-5(2)7;/h4*3,6H,1-2H3;/q;;;;+4/p-4/b3*4-3+;4-3-;. The van der Waals surface area contributed by atoms with Crippen molar-refractivity contribution in [1.82, 2.24) is 0 Å². The number of carbonyl (C=O) groups excluding carboxylic acids is 4. The van der Waals surface area contributed by atoms with Crippen LogP contribution in [0.1, 0.15) is 55.4 Å². The Labute approximate surface area is 178 Å². The Morgan fingerprint density at radius 2 is 0.621 bits per heavy atom. The first-order chi connectivity index (χ1) is 13.2. The Morgan fingerprint density at radius 3 is 0.759 bits per heavy atom. The van der Waals surface area contributed by atoms with Gasteiger partial charge in [0.2, 0.25) is 0 Å². The van der Waals surface area contributed by atoms with Crippen LogP contribution in [0.15, 0.2) is 47.3 Å². The Bertz CT molecular complexity index is 653. The van der Waals surface area contributed by atoms with Crippen LogP contribution in [-0.2, 0) is 29.9 Å². The molecule has 0 aromatic heterocycles. The average molecular weight is 604 g/mol. The van der Waals surface area contributed by atoms with Gasteiger partial charge in [0.25, 0.3) is 0 Å². The maximum atomic E-state index is 11.4. The molecule has 0 amide bonds. The predicted molar refractivity (Wildman–Crippen MR) is 108 cm³/mol. The molecule has 0 spiro atoms. The van der Waals surface area contributed by atoms with Crippen LogP contribution in [0, 0.1) is 0 Å². The van der Waals surface area contributed by atoms with Crippen molar-refractivity contribution in [3.05, 3.63) is 47.3 Å². The SMILES string of the molecule is CC(=O)/C=C(/C)[O][Pb]([O]/C(C)=C/C(C)=O)([O]/C(C)=C/C(C)=O)[O]/C(C)=C/C(C)=O. The van der Waals surface area contributed by atoms with Gasteiger partial charge in [-0.15, -0.1) is 0 Å². The number of rotatable bonds is 12. The molecule has 0 N–H and O–H groups in total. The van der Waals surface area contributed by atoms with Crippen LogP contribution in [0.4, 0.5) is 0 Å². The minimum absolute atomic E-state index is 0.168. The van der Waals surface area contributed by atoms with Crippen molar-refractivity contribution in [1.29, 1.82) is 0 Å². The van der Waals surface area contributed by atoms with Crippen molar-refractivity contribution in [3.8, 4) is 0 Å². The Hall–Kier alpha value is -2.24. The van der Waals surface area contributed by atoms with E-state index < -0.39 is 23.0 Å². The van der Waals surface area contributed by atoms with E-state index in [0.29, 0.717) is 0 Å². The maximum absolute atomic E-state index is 11.4. The molecule has 9 heteroatoms. The summed E-state index contributed by atoms with van der Waals surface area (Å²) in [6.07, 6.45) is 4.90. The van der Waals surface area contributed by atoms with Crippen molar-refractivity contribution in [2.24, 2.45) is 0 Å². The molecule has 0 radical (unpaired) electrons. The molecular formula is C20H28O8Pb. The van der Waals surface area contributed by atoms with Crippen LogP contribution in [-0.4, -0.2) is 46.1 Å². The van der Waals surface area contributed by atoms with Crippen molar-refractivity contribution in [2.45, 2.75) is 55.4 Å². The zero-order valence-corrected chi connectivity index (χ0v) is 22.0. The van der Waals surface area contributed by atoms with Gasteiger partial charge in [0.1, 0.15) is 0 Å². The molecule has 0 atom stereocenters. The molecule has 0 fully saturated rings. The average Bonchev–Trinajstić information content (AvgIpc) is 2.41. The van der Waals surface area contributed by atoms with Crippen LogP contribution in [0.2, 0.25) is 0 Å². The molecule has 0 aliphatic heterocycles.